The van der Waals surface area contributed by atoms with E-state index in [1.165, 1.54) is 25.7 Å². The summed E-state index contributed by atoms with van der Waals surface area (Å²) < 4.78 is 5.86. The van der Waals surface area contributed by atoms with Gasteiger partial charge < -0.3 is 4.74 Å². The summed E-state index contributed by atoms with van der Waals surface area (Å²) in [5, 5.41) is 8.78. The predicted octanol–water partition coefficient (Wildman–Crippen LogP) is 2.18. The standard InChI is InChI=1S/C13H22N2O/c1-3-16-12-10-11(15(2)9-8-14)13(12)6-4-5-7-13/h11-12H,3-7,9-10H2,1-2H3/t11-,12-/m0/s1. The molecule has 2 fully saturated rings. The van der Waals surface area contributed by atoms with Crippen molar-refractivity contribution in [2.45, 2.75) is 51.2 Å². The Bertz CT molecular complexity index is 278. The lowest BCUT2D eigenvalue weighted by Gasteiger charge is -2.56. The Morgan fingerprint density at radius 3 is 2.69 bits per heavy atom. The van der Waals surface area contributed by atoms with Crippen molar-refractivity contribution < 1.29 is 4.74 Å². The van der Waals surface area contributed by atoms with Gasteiger partial charge >= 0.3 is 0 Å². The van der Waals surface area contributed by atoms with E-state index in [4.69, 9.17) is 10.00 Å². The van der Waals surface area contributed by atoms with Gasteiger partial charge in [-0.05, 0) is 33.2 Å². The van der Waals surface area contributed by atoms with Crippen LogP contribution in [-0.2, 0) is 4.74 Å². The van der Waals surface area contributed by atoms with E-state index in [2.05, 4.69) is 24.9 Å². The van der Waals surface area contributed by atoms with E-state index in [1.54, 1.807) is 0 Å². The summed E-state index contributed by atoms with van der Waals surface area (Å²) in [6, 6.07) is 2.83. The van der Waals surface area contributed by atoms with E-state index in [-0.39, 0.29) is 0 Å². The quantitative estimate of drug-likeness (QED) is 0.684. The predicted molar refractivity (Wildman–Crippen MR) is 63.0 cm³/mol. The van der Waals surface area contributed by atoms with Gasteiger partial charge in [0.25, 0.3) is 0 Å². The van der Waals surface area contributed by atoms with Crippen LogP contribution < -0.4 is 0 Å². The highest BCUT2D eigenvalue weighted by molar-refractivity contribution is 5.10. The van der Waals surface area contributed by atoms with Crippen LogP contribution in [-0.4, -0.2) is 37.2 Å². The maximum atomic E-state index is 8.78. The number of hydrogen-bond donors (Lipinski definition) is 0. The number of nitrogens with zero attached hydrogens (tertiary/aromatic N) is 2. The maximum Gasteiger partial charge on any atom is 0.0866 e. The first-order valence-corrected chi connectivity index (χ1v) is 6.43. The van der Waals surface area contributed by atoms with Gasteiger partial charge in [-0.2, -0.15) is 5.26 Å². The Balaban J connectivity index is 2.03. The van der Waals surface area contributed by atoms with Crippen molar-refractivity contribution in [1.29, 1.82) is 5.26 Å². The summed E-state index contributed by atoms with van der Waals surface area (Å²) in [6.07, 6.45) is 6.81. The van der Waals surface area contributed by atoms with Gasteiger partial charge in [-0.3, -0.25) is 4.90 Å². The molecular formula is C13H22N2O. The van der Waals surface area contributed by atoms with Crippen molar-refractivity contribution in [3.8, 4) is 6.07 Å². The van der Waals surface area contributed by atoms with Crippen molar-refractivity contribution in [3.05, 3.63) is 0 Å². The molecule has 90 valence electrons. The summed E-state index contributed by atoms with van der Waals surface area (Å²) in [5.74, 6) is 0. The summed E-state index contributed by atoms with van der Waals surface area (Å²) in [5.41, 5.74) is 0.377. The molecule has 3 heteroatoms. The molecule has 16 heavy (non-hydrogen) atoms. The van der Waals surface area contributed by atoms with Crippen LogP contribution in [0.3, 0.4) is 0 Å². The van der Waals surface area contributed by atoms with Crippen LogP contribution in [0.5, 0.6) is 0 Å². The zero-order valence-corrected chi connectivity index (χ0v) is 10.4. The van der Waals surface area contributed by atoms with E-state index in [0.717, 1.165) is 13.0 Å². The summed E-state index contributed by atoms with van der Waals surface area (Å²) in [7, 11) is 2.08. The average Bonchev–Trinajstić information content (AvgIpc) is 2.75. The molecule has 2 aliphatic rings. The third-order valence-electron chi connectivity index (χ3n) is 4.50. The Hall–Kier alpha value is -0.590. The van der Waals surface area contributed by atoms with Crippen LogP contribution in [0.2, 0.25) is 0 Å². The lowest BCUT2D eigenvalue weighted by atomic mass is 9.60. The van der Waals surface area contributed by atoms with Gasteiger partial charge in [0.1, 0.15) is 0 Å². The molecule has 3 nitrogen and oxygen atoms in total. The van der Waals surface area contributed by atoms with E-state index in [9.17, 15) is 0 Å². The topological polar surface area (TPSA) is 36.3 Å². The fourth-order valence-electron chi connectivity index (χ4n) is 3.69. The molecular weight excluding hydrogens is 200 g/mol. The fraction of sp³-hybridized carbons (Fsp3) is 0.923. The second kappa shape index (κ2) is 4.73. The Morgan fingerprint density at radius 1 is 1.44 bits per heavy atom. The second-order valence-electron chi connectivity index (χ2n) is 5.21. The monoisotopic (exact) mass is 222 g/mol. The first-order chi connectivity index (χ1) is 7.74. The smallest absolute Gasteiger partial charge is 0.0866 e. The molecule has 2 aliphatic carbocycles. The minimum absolute atomic E-state index is 0.377. The largest absolute Gasteiger partial charge is 0.378 e. The summed E-state index contributed by atoms with van der Waals surface area (Å²) >= 11 is 0. The zero-order chi connectivity index (χ0) is 11.6. The van der Waals surface area contributed by atoms with Crippen LogP contribution in [0.4, 0.5) is 0 Å². The minimum Gasteiger partial charge on any atom is -0.378 e. The molecule has 0 radical (unpaired) electrons. The van der Waals surface area contributed by atoms with E-state index in [0.29, 0.717) is 24.1 Å². The fourth-order valence-corrected chi connectivity index (χ4v) is 3.69. The number of nitriles is 1. The molecule has 0 bridgehead atoms. The van der Waals surface area contributed by atoms with Gasteiger partial charge in [-0.15, -0.1) is 0 Å². The molecule has 0 heterocycles. The summed E-state index contributed by atoms with van der Waals surface area (Å²) in [4.78, 5) is 2.22. The third-order valence-corrected chi connectivity index (χ3v) is 4.50. The number of rotatable bonds is 4. The molecule has 0 aromatic rings. The lowest BCUT2D eigenvalue weighted by Crippen LogP contribution is -2.62. The van der Waals surface area contributed by atoms with Crippen molar-refractivity contribution in [3.63, 3.8) is 0 Å². The molecule has 0 aromatic carbocycles. The van der Waals surface area contributed by atoms with Gasteiger partial charge in [0.15, 0.2) is 0 Å². The minimum atomic E-state index is 0.377. The molecule has 2 atom stereocenters. The third kappa shape index (κ3) is 1.74. The maximum absolute atomic E-state index is 8.78. The molecule has 0 amide bonds. The zero-order valence-electron chi connectivity index (χ0n) is 10.4. The number of hydrogen-bond acceptors (Lipinski definition) is 3. The van der Waals surface area contributed by atoms with Crippen LogP contribution in [0, 0.1) is 16.7 Å². The first-order valence-electron chi connectivity index (χ1n) is 6.43. The molecule has 0 aromatic heterocycles. The van der Waals surface area contributed by atoms with Gasteiger partial charge in [0.05, 0.1) is 18.7 Å². The highest BCUT2D eigenvalue weighted by Gasteiger charge is 2.57. The van der Waals surface area contributed by atoms with Crippen molar-refractivity contribution in [2.75, 3.05) is 20.2 Å². The molecule has 0 aliphatic heterocycles. The average molecular weight is 222 g/mol. The Labute approximate surface area is 98.4 Å². The van der Waals surface area contributed by atoms with Gasteiger partial charge in [-0.25, -0.2) is 0 Å². The van der Waals surface area contributed by atoms with Gasteiger partial charge in [0.2, 0.25) is 0 Å². The lowest BCUT2D eigenvalue weighted by molar-refractivity contribution is -0.158. The SMILES string of the molecule is CCO[C@H]1C[C@H](N(C)CC#N)C12CCCC2. The van der Waals surface area contributed by atoms with Crippen molar-refractivity contribution >= 4 is 0 Å². The van der Waals surface area contributed by atoms with Gasteiger partial charge in [0, 0.05) is 18.1 Å². The van der Waals surface area contributed by atoms with E-state index >= 15 is 0 Å². The molecule has 0 unspecified atom stereocenters. The molecule has 0 saturated heterocycles. The Kier molecular flexibility index (Phi) is 3.51. The highest BCUT2D eigenvalue weighted by atomic mass is 16.5. The van der Waals surface area contributed by atoms with Crippen LogP contribution in [0.15, 0.2) is 0 Å². The molecule has 2 rings (SSSR count). The summed E-state index contributed by atoms with van der Waals surface area (Å²) in [6.45, 7) is 3.45. The van der Waals surface area contributed by atoms with E-state index < -0.39 is 0 Å². The van der Waals surface area contributed by atoms with E-state index in [1.807, 2.05) is 0 Å². The van der Waals surface area contributed by atoms with Crippen molar-refractivity contribution in [2.24, 2.45) is 5.41 Å². The van der Waals surface area contributed by atoms with Crippen LogP contribution in [0.25, 0.3) is 0 Å². The molecule has 0 N–H and O–H groups in total. The normalized spacial score (nSPS) is 31.6. The van der Waals surface area contributed by atoms with Crippen LogP contribution in [0.1, 0.15) is 39.0 Å². The molecule has 2 saturated carbocycles. The molecule has 1 spiro atoms. The highest BCUT2D eigenvalue weighted by Crippen LogP contribution is 2.56. The Morgan fingerprint density at radius 2 is 2.12 bits per heavy atom. The van der Waals surface area contributed by atoms with Crippen LogP contribution >= 0.6 is 0 Å². The van der Waals surface area contributed by atoms with Gasteiger partial charge in [-0.1, -0.05) is 12.8 Å². The number of ether oxygens (including phenoxy) is 1. The van der Waals surface area contributed by atoms with Crippen molar-refractivity contribution in [1.82, 2.24) is 4.90 Å². The first kappa shape index (κ1) is 11.9. The second-order valence-corrected chi connectivity index (χ2v) is 5.21.